The molecule has 18 heavy (non-hydrogen) atoms. The van der Waals surface area contributed by atoms with Crippen LogP contribution in [0.3, 0.4) is 0 Å². The number of carbonyl (C=O) groups excluding carboxylic acids is 1. The zero-order valence-corrected chi connectivity index (χ0v) is 11.3. The lowest BCUT2D eigenvalue weighted by molar-refractivity contribution is 0.0772. The Hall–Kier alpha value is -1.36. The van der Waals surface area contributed by atoms with Crippen molar-refractivity contribution in [2.24, 2.45) is 0 Å². The first-order chi connectivity index (χ1) is 8.72. The molecule has 5 heteroatoms. The third-order valence-corrected chi connectivity index (χ3v) is 4.27. The maximum absolute atomic E-state index is 12.4. The van der Waals surface area contributed by atoms with E-state index in [4.69, 9.17) is 0 Å². The van der Waals surface area contributed by atoms with Crippen LogP contribution in [0.15, 0.2) is 24.3 Å². The van der Waals surface area contributed by atoms with Gasteiger partial charge in [0.05, 0.1) is 5.56 Å². The summed E-state index contributed by atoms with van der Waals surface area (Å²) in [6, 6.07) is 7.54. The van der Waals surface area contributed by atoms with Gasteiger partial charge < -0.3 is 10.2 Å². The van der Waals surface area contributed by atoms with E-state index in [1.165, 1.54) is 0 Å². The molecule has 1 aliphatic heterocycles. The largest absolute Gasteiger partial charge is 0.385 e. The van der Waals surface area contributed by atoms with Gasteiger partial charge in [-0.05, 0) is 19.1 Å². The van der Waals surface area contributed by atoms with Crippen molar-refractivity contribution in [1.29, 1.82) is 0 Å². The van der Waals surface area contributed by atoms with Gasteiger partial charge in [-0.2, -0.15) is 0 Å². The Morgan fingerprint density at radius 1 is 1.33 bits per heavy atom. The highest BCUT2D eigenvalue weighted by Gasteiger charge is 2.22. The zero-order valence-electron chi connectivity index (χ0n) is 10.5. The molecule has 0 bridgehead atoms. The van der Waals surface area contributed by atoms with Crippen LogP contribution < -0.4 is 5.32 Å². The van der Waals surface area contributed by atoms with E-state index in [-0.39, 0.29) is 5.91 Å². The minimum atomic E-state index is -0.752. The zero-order chi connectivity index (χ0) is 13.0. The maximum Gasteiger partial charge on any atom is 0.256 e. The number of benzene rings is 1. The number of nitrogens with zero attached hydrogens (tertiary/aromatic N) is 1. The van der Waals surface area contributed by atoms with Crippen LogP contribution in [-0.2, 0) is 10.8 Å². The minimum Gasteiger partial charge on any atom is -0.385 e. The summed E-state index contributed by atoms with van der Waals surface area (Å²) in [5.74, 6) is 1.22. The normalized spacial score (nSPS) is 16.6. The molecule has 1 aromatic rings. The molecule has 1 aromatic carbocycles. The van der Waals surface area contributed by atoms with E-state index in [1.54, 1.807) is 4.90 Å². The van der Waals surface area contributed by atoms with Crippen molar-refractivity contribution in [2.45, 2.75) is 6.92 Å². The first-order valence-corrected chi connectivity index (χ1v) is 7.68. The summed E-state index contributed by atoms with van der Waals surface area (Å²) in [4.78, 5) is 14.2. The third kappa shape index (κ3) is 2.90. The topological polar surface area (TPSA) is 49.4 Å². The van der Waals surface area contributed by atoms with Gasteiger partial charge in [-0.3, -0.25) is 9.00 Å². The SMILES string of the molecule is CCNc1ccccc1C(=O)N1CCS(=O)CC1. The summed E-state index contributed by atoms with van der Waals surface area (Å²) in [7, 11) is -0.752. The van der Waals surface area contributed by atoms with E-state index in [0.29, 0.717) is 30.2 Å². The average Bonchev–Trinajstić information content (AvgIpc) is 2.40. The molecule has 0 aliphatic carbocycles. The molecule has 0 atom stereocenters. The lowest BCUT2D eigenvalue weighted by Crippen LogP contribution is -2.42. The first kappa shape index (κ1) is 13.1. The molecule has 1 amide bonds. The highest BCUT2D eigenvalue weighted by atomic mass is 32.2. The van der Waals surface area contributed by atoms with E-state index in [2.05, 4.69) is 5.32 Å². The molecule has 1 saturated heterocycles. The number of hydrogen-bond donors (Lipinski definition) is 1. The molecule has 2 rings (SSSR count). The maximum atomic E-state index is 12.4. The molecule has 98 valence electrons. The van der Waals surface area contributed by atoms with Gasteiger partial charge in [0.2, 0.25) is 0 Å². The Morgan fingerprint density at radius 2 is 2.00 bits per heavy atom. The van der Waals surface area contributed by atoms with Crippen molar-refractivity contribution in [1.82, 2.24) is 4.90 Å². The van der Waals surface area contributed by atoms with Crippen LogP contribution in [0.2, 0.25) is 0 Å². The lowest BCUT2D eigenvalue weighted by Gasteiger charge is -2.27. The predicted octanol–water partition coefficient (Wildman–Crippen LogP) is 1.32. The lowest BCUT2D eigenvalue weighted by atomic mass is 10.1. The second-order valence-corrected chi connectivity index (χ2v) is 5.91. The van der Waals surface area contributed by atoms with Gasteiger partial charge in [0, 0.05) is 47.6 Å². The fraction of sp³-hybridized carbons (Fsp3) is 0.462. The van der Waals surface area contributed by atoms with Crippen LogP contribution in [0.4, 0.5) is 5.69 Å². The smallest absolute Gasteiger partial charge is 0.256 e. The standard InChI is InChI=1S/C13H18N2O2S/c1-2-14-12-6-4-3-5-11(12)13(16)15-7-9-18(17)10-8-15/h3-6,14H,2,7-10H2,1H3. The van der Waals surface area contributed by atoms with E-state index in [0.717, 1.165) is 12.2 Å². The van der Waals surface area contributed by atoms with Gasteiger partial charge in [-0.25, -0.2) is 0 Å². The number of amides is 1. The van der Waals surface area contributed by atoms with Gasteiger partial charge in [0.15, 0.2) is 0 Å². The molecule has 4 nitrogen and oxygen atoms in total. The first-order valence-electron chi connectivity index (χ1n) is 6.19. The highest BCUT2D eigenvalue weighted by Crippen LogP contribution is 2.18. The molecule has 0 unspecified atom stereocenters. The third-order valence-electron chi connectivity index (χ3n) is 2.99. The minimum absolute atomic E-state index is 0.0308. The second kappa shape index (κ2) is 6.00. The van der Waals surface area contributed by atoms with Crippen LogP contribution in [0.1, 0.15) is 17.3 Å². The molecule has 1 aliphatic rings. The monoisotopic (exact) mass is 266 g/mol. The quantitative estimate of drug-likeness (QED) is 0.897. The molecule has 1 heterocycles. The van der Waals surface area contributed by atoms with Gasteiger partial charge in [-0.15, -0.1) is 0 Å². The van der Waals surface area contributed by atoms with Crippen LogP contribution in [0.25, 0.3) is 0 Å². The summed E-state index contributed by atoms with van der Waals surface area (Å²) in [6.07, 6.45) is 0. The van der Waals surface area contributed by atoms with Crippen molar-refractivity contribution in [3.8, 4) is 0 Å². The Balaban J connectivity index is 2.15. The fourth-order valence-corrected chi connectivity index (χ4v) is 3.08. The molecule has 0 spiro atoms. The molecule has 1 N–H and O–H groups in total. The van der Waals surface area contributed by atoms with Crippen molar-refractivity contribution < 1.29 is 9.00 Å². The van der Waals surface area contributed by atoms with E-state index >= 15 is 0 Å². The number of hydrogen-bond acceptors (Lipinski definition) is 3. The summed E-state index contributed by atoms with van der Waals surface area (Å²) in [6.45, 7) is 3.97. The molecular weight excluding hydrogens is 248 g/mol. The van der Waals surface area contributed by atoms with Crippen molar-refractivity contribution in [3.63, 3.8) is 0 Å². The average molecular weight is 266 g/mol. The second-order valence-electron chi connectivity index (χ2n) is 4.22. The van der Waals surface area contributed by atoms with Crippen LogP contribution in [0.5, 0.6) is 0 Å². The number of carbonyl (C=O) groups is 1. The molecule has 1 fully saturated rings. The Kier molecular flexibility index (Phi) is 4.36. The summed E-state index contributed by atoms with van der Waals surface area (Å²) >= 11 is 0. The van der Waals surface area contributed by atoms with Gasteiger partial charge in [0.25, 0.3) is 5.91 Å². The van der Waals surface area contributed by atoms with Gasteiger partial charge >= 0.3 is 0 Å². The van der Waals surface area contributed by atoms with Crippen molar-refractivity contribution >= 4 is 22.4 Å². The fourth-order valence-electron chi connectivity index (χ4n) is 2.03. The van der Waals surface area contributed by atoms with E-state index < -0.39 is 10.8 Å². The molecule has 0 saturated carbocycles. The Labute approximate surface area is 110 Å². The predicted molar refractivity (Wildman–Crippen MR) is 74.4 cm³/mol. The van der Waals surface area contributed by atoms with Crippen LogP contribution >= 0.6 is 0 Å². The van der Waals surface area contributed by atoms with E-state index in [9.17, 15) is 9.00 Å². The van der Waals surface area contributed by atoms with E-state index in [1.807, 2.05) is 31.2 Å². The number of nitrogens with one attached hydrogen (secondary N) is 1. The number of para-hydroxylation sites is 1. The van der Waals surface area contributed by atoms with Crippen LogP contribution in [-0.4, -0.2) is 46.2 Å². The number of rotatable bonds is 3. The van der Waals surface area contributed by atoms with Crippen molar-refractivity contribution in [2.75, 3.05) is 36.5 Å². The van der Waals surface area contributed by atoms with Crippen molar-refractivity contribution in [3.05, 3.63) is 29.8 Å². The molecule has 0 aromatic heterocycles. The highest BCUT2D eigenvalue weighted by molar-refractivity contribution is 7.85. The molecule has 0 radical (unpaired) electrons. The Morgan fingerprint density at radius 3 is 2.67 bits per heavy atom. The summed E-state index contributed by atoms with van der Waals surface area (Å²) in [5.41, 5.74) is 1.57. The summed E-state index contributed by atoms with van der Waals surface area (Å²) in [5, 5.41) is 3.20. The Bertz CT molecular complexity index is 452. The number of anilines is 1. The summed E-state index contributed by atoms with van der Waals surface area (Å²) < 4.78 is 11.3. The molecular formula is C13H18N2O2S. The van der Waals surface area contributed by atoms with Gasteiger partial charge in [0.1, 0.15) is 0 Å². The van der Waals surface area contributed by atoms with Crippen LogP contribution in [0, 0.1) is 0 Å². The van der Waals surface area contributed by atoms with Gasteiger partial charge in [-0.1, -0.05) is 12.1 Å².